The van der Waals surface area contributed by atoms with Crippen LogP contribution in [-0.4, -0.2) is 18.3 Å². The summed E-state index contributed by atoms with van der Waals surface area (Å²) in [5.41, 5.74) is 1.05. The van der Waals surface area contributed by atoms with Crippen molar-refractivity contribution in [2.45, 2.75) is 38.9 Å². The molecule has 0 bridgehead atoms. The molecule has 4 rings (SSSR count). The maximum absolute atomic E-state index is 9.08. The van der Waals surface area contributed by atoms with Crippen LogP contribution in [0.5, 0.6) is 0 Å². The number of hydrogen-bond acceptors (Lipinski definition) is 4. The zero-order valence-corrected chi connectivity index (χ0v) is 15.0. The van der Waals surface area contributed by atoms with Crippen LogP contribution in [0.3, 0.4) is 0 Å². The van der Waals surface area contributed by atoms with Gasteiger partial charge in [-0.1, -0.05) is 18.2 Å². The highest BCUT2D eigenvalue weighted by molar-refractivity contribution is 7.25. The average molecular weight is 335 g/mol. The highest BCUT2D eigenvalue weighted by Gasteiger charge is 2.51. The summed E-state index contributed by atoms with van der Waals surface area (Å²) in [6.45, 7) is 8.26. The third-order valence-electron chi connectivity index (χ3n) is 5.15. The molecule has 0 saturated carbocycles. The number of benzene rings is 2. The SMILES string of the molecule is CC1(C)OB(c2ccc3c(c2)sc2cc(C#N)ccc23)OC1(C)C. The van der Waals surface area contributed by atoms with Gasteiger partial charge in [-0.05, 0) is 51.4 Å². The maximum Gasteiger partial charge on any atom is 0.494 e. The summed E-state index contributed by atoms with van der Waals surface area (Å²) in [5.74, 6) is 0. The molecule has 3 aromatic rings. The van der Waals surface area contributed by atoms with Crippen LogP contribution in [0, 0.1) is 11.3 Å². The van der Waals surface area contributed by atoms with Crippen LogP contribution >= 0.6 is 11.3 Å². The van der Waals surface area contributed by atoms with E-state index in [-0.39, 0.29) is 18.3 Å². The highest BCUT2D eigenvalue weighted by Crippen LogP contribution is 2.38. The van der Waals surface area contributed by atoms with Gasteiger partial charge in [0.1, 0.15) is 0 Å². The molecule has 0 atom stereocenters. The van der Waals surface area contributed by atoms with Crippen LogP contribution in [0.4, 0.5) is 0 Å². The van der Waals surface area contributed by atoms with E-state index < -0.39 is 0 Å². The van der Waals surface area contributed by atoms with Gasteiger partial charge in [0.2, 0.25) is 0 Å². The van der Waals surface area contributed by atoms with E-state index in [1.165, 1.54) is 15.5 Å². The molecule has 1 saturated heterocycles. The van der Waals surface area contributed by atoms with Gasteiger partial charge in [0.15, 0.2) is 0 Å². The van der Waals surface area contributed by atoms with Crippen molar-refractivity contribution in [2.75, 3.05) is 0 Å². The number of nitriles is 1. The first-order valence-electron chi connectivity index (χ1n) is 8.03. The van der Waals surface area contributed by atoms with Gasteiger partial charge in [-0.25, -0.2) is 0 Å². The summed E-state index contributed by atoms with van der Waals surface area (Å²) in [5, 5.41) is 11.5. The van der Waals surface area contributed by atoms with E-state index in [1.54, 1.807) is 11.3 Å². The van der Waals surface area contributed by atoms with Crippen LogP contribution in [-0.2, 0) is 9.31 Å². The molecular formula is C19H18BNO2S. The fourth-order valence-electron chi connectivity index (χ4n) is 2.99. The summed E-state index contributed by atoms with van der Waals surface area (Å²) >= 11 is 1.70. The first-order chi connectivity index (χ1) is 11.3. The van der Waals surface area contributed by atoms with Crippen LogP contribution < -0.4 is 5.46 Å². The summed E-state index contributed by atoms with van der Waals surface area (Å²) in [7, 11) is -0.348. The molecule has 1 aliphatic rings. The second-order valence-corrected chi connectivity index (χ2v) is 8.35. The predicted molar refractivity (Wildman–Crippen MR) is 99.8 cm³/mol. The monoisotopic (exact) mass is 335 g/mol. The van der Waals surface area contributed by atoms with Crippen molar-refractivity contribution in [3.05, 3.63) is 42.0 Å². The Morgan fingerprint density at radius 3 is 2.12 bits per heavy atom. The fourth-order valence-corrected chi connectivity index (χ4v) is 4.18. The van der Waals surface area contributed by atoms with E-state index in [9.17, 15) is 0 Å². The van der Waals surface area contributed by atoms with Gasteiger partial charge in [-0.2, -0.15) is 5.26 Å². The molecule has 120 valence electrons. The summed E-state index contributed by atoms with van der Waals surface area (Å²) in [6, 6.07) is 14.4. The minimum atomic E-state index is -0.348. The Morgan fingerprint density at radius 2 is 1.50 bits per heavy atom. The number of thiophene rings is 1. The third-order valence-corrected chi connectivity index (χ3v) is 6.27. The van der Waals surface area contributed by atoms with Crippen LogP contribution in [0.1, 0.15) is 33.3 Å². The van der Waals surface area contributed by atoms with E-state index in [1.807, 2.05) is 18.2 Å². The van der Waals surface area contributed by atoms with Crippen molar-refractivity contribution in [3.8, 4) is 6.07 Å². The smallest absolute Gasteiger partial charge is 0.399 e. The largest absolute Gasteiger partial charge is 0.494 e. The third kappa shape index (κ3) is 2.26. The molecule has 2 heterocycles. The van der Waals surface area contributed by atoms with Crippen molar-refractivity contribution in [2.24, 2.45) is 0 Å². The van der Waals surface area contributed by atoms with Gasteiger partial charge < -0.3 is 9.31 Å². The maximum atomic E-state index is 9.08. The van der Waals surface area contributed by atoms with E-state index in [0.717, 1.165) is 10.2 Å². The Kier molecular flexibility index (Phi) is 3.30. The van der Waals surface area contributed by atoms with Crippen LogP contribution in [0.2, 0.25) is 0 Å². The molecule has 2 aromatic carbocycles. The number of fused-ring (bicyclic) bond motifs is 3. The minimum Gasteiger partial charge on any atom is -0.399 e. The van der Waals surface area contributed by atoms with Crippen molar-refractivity contribution < 1.29 is 9.31 Å². The van der Waals surface area contributed by atoms with Gasteiger partial charge in [-0.15, -0.1) is 11.3 Å². The standard InChI is InChI=1S/C19H18BNO2S/c1-18(2)19(3,4)23-20(22-18)13-6-8-15-14-7-5-12(11-21)9-16(14)24-17(15)10-13/h5-10H,1-4H3. The van der Waals surface area contributed by atoms with Crippen LogP contribution in [0.15, 0.2) is 36.4 Å². The minimum absolute atomic E-state index is 0.339. The Hall–Kier alpha value is -1.87. The molecule has 24 heavy (non-hydrogen) atoms. The first kappa shape index (κ1) is 15.7. The molecule has 0 N–H and O–H groups in total. The normalized spacial score (nSPS) is 19.0. The van der Waals surface area contributed by atoms with Gasteiger partial charge in [0, 0.05) is 20.2 Å². The molecule has 3 nitrogen and oxygen atoms in total. The predicted octanol–water partition coefficient (Wildman–Crippen LogP) is 4.23. The van der Waals surface area contributed by atoms with Crippen molar-refractivity contribution in [3.63, 3.8) is 0 Å². The Labute approximate surface area is 145 Å². The number of rotatable bonds is 1. The Bertz CT molecular complexity index is 984. The van der Waals surface area contributed by atoms with Gasteiger partial charge in [0.25, 0.3) is 0 Å². The number of hydrogen-bond donors (Lipinski definition) is 0. The summed E-state index contributed by atoms with van der Waals surface area (Å²) in [6.07, 6.45) is 0. The lowest BCUT2D eigenvalue weighted by molar-refractivity contribution is 0.00578. The molecule has 1 aliphatic heterocycles. The van der Waals surface area contributed by atoms with E-state index in [0.29, 0.717) is 5.56 Å². The Balaban J connectivity index is 1.79. The molecule has 0 unspecified atom stereocenters. The molecule has 0 spiro atoms. The number of nitrogens with zero attached hydrogens (tertiary/aromatic N) is 1. The zero-order chi connectivity index (χ0) is 17.1. The average Bonchev–Trinajstić information content (AvgIpc) is 2.99. The van der Waals surface area contributed by atoms with Gasteiger partial charge in [-0.3, -0.25) is 0 Å². The van der Waals surface area contributed by atoms with Crippen LogP contribution in [0.25, 0.3) is 20.2 Å². The fraction of sp³-hybridized carbons (Fsp3) is 0.316. The molecule has 5 heteroatoms. The molecule has 1 aromatic heterocycles. The molecule has 1 fully saturated rings. The Morgan fingerprint density at radius 1 is 0.917 bits per heavy atom. The lowest BCUT2D eigenvalue weighted by Gasteiger charge is -2.32. The van der Waals surface area contributed by atoms with Crippen molar-refractivity contribution in [1.82, 2.24) is 0 Å². The molecule has 0 amide bonds. The van der Waals surface area contributed by atoms with E-state index in [4.69, 9.17) is 14.6 Å². The van der Waals surface area contributed by atoms with E-state index in [2.05, 4.69) is 52.0 Å². The quantitative estimate of drug-likeness (QED) is 0.625. The second kappa shape index (κ2) is 5.06. The molecular weight excluding hydrogens is 317 g/mol. The van der Waals surface area contributed by atoms with Crippen molar-refractivity contribution >= 4 is 44.1 Å². The summed E-state index contributed by atoms with van der Waals surface area (Å²) < 4.78 is 14.6. The van der Waals surface area contributed by atoms with Crippen molar-refractivity contribution in [1.29, 1.82) is 5.26 Å². The lowest BCUT2D eigenvalue weighted by Crippen LogP contribution is -2.41. The lowest BCUT2D eigenvalue weighted by atomic mass is 9.79. The first-order valence-corrected chi connectivity index (χ1v) is 8.84. The second-order valence-electron chi connectivity index (χ2n) is 7.27. The summed E-state index contributed by atoms with van der Waals surface area (Å²) in [4.78, 5) is 0. The van der Waals surface area contributed by atoms with Gasteiger partial charge >= 0.3 is 7.12 Å². The van der Waals surface area contributed by atoms with E-state index >= 15 is 0 Å². The van der Waals surface area contributed by atoms with Gasteiger partial charge in [0.05, 0.1) is 22.8 Å². The highest BCUT2D eigenvalue weighted by atomic mass is 32.1. The zero-order valence-electron chi connectivity index (χ0n) is 14.2. The molecule has 0 aliphatic carbocycles. The topological polar surface area (TPSA) is 42.2 Å². The molecule has 0 radical (unpaired) electrons.